The first-order valence-electron chi connectivity index (χ1n) is 9.60. The fraction of sp³-hybridized carbons (Fsp3) is 0.125. The van der Waals surface area contributed by atoms with E-state index in [0.29, 0.717) is 33.7 Å². The summed E-state index contributed by atoms with van der Waals surface area (Å²) in [7, 11) is -3.99. The van der Waals surface area contributed by atoms with Crippen LogP contribution in [0.15, 0.2) is 76.5 Å². The maximum absolute atomic E-state index is 12.8. The van der Waals surface area contributed by atoms with Gasteiger partial charge in [-0.2, -0.15) is 5.26 Å². The van der Waals surface area contributed by atoms with Gasteiger partial charge in [0.15, 0.2) is 11.5 Å². The number of nitrogens with zero attached hydrogens (tertiary/aromatic N) is 1. The van der Waals surface area contributed by atoms with Crippen molar-refractivity contribution in [3.8, 4) is 17.6 Å². The molecule has 32 heavy (non-hydrogen) atoms. The van der Waals surface area contributed by atoms with E-state index in [4.69, 9.17) is 32.7 Å². The molecule has 164 valence electrons. The Balaban J connectivity index is 1.90. The normalized spacial score (nSPS) is 11.6. The molecule has 0 aromatic heterocycles. The molecule has 0 spiro atoms. The molecular weight excluding hydrogens is 469 g/mol. The first kappa shape index (κ1) is 23.7. The molecule has 3 rings (SSSR count). The molecule has 0 saturated carbocycles. The van der Waals surface area contributed by atoms with Crippen LogP contribution >= 0.6 is 23.2 Å². The molecule has 0 amide bonds. The Kier molecular flexibility index (Phi) is 7.81. The fourth-order valence-electron chi connectivity index (χ4n) is 2.85. The second kappa shape index (κ2) is 10.6. The van der Waals surface area contributed by atoms with Gasteiger partial charge in [0.25, 0.3) is 0 Å². The van der Waals surface area contributed by atoms with Crippen LogP contribution in [0.5, 0.6) is 11.5 Å². The largest absolute Gasteiger partial charge is 0.490 e. The number of hydrogen-bond donors (Lipinski definition) is 0. The average molecular weight is 488 g/mol. The number of halogens is 2. The first-order valence-corrected chi connectivity index (χ1v) is 11.8. The van der Waals surface area contributed by atoms with E-state index in [0.717, 1.165) is 5.56 Å². The highest BCUT2D eigenvalue weighted by atomic mass is 35.5. The second-order valence-corrected chi connectivity index (χ2v) is 9.43. The third-order valence-electron chi connectivity index (χ3n) is 4.37. The van der Waals surface area contributed by atoms with E-state index in [2.05, 4.69) is 0 Å². The summed E-state index contributed by atoms with van der Waals surface area (Å²) in [5, 5.41) is 10.5. The lowest BCUT2D eigenvalue weighted by atomic mass is 10.2. The molecule has 0 bridgehead atoms. The van der Waals surface area contributed by atoms with Gasteiger partial charge < -0.3 is 9.47 Å². The maximum atomic E-state index is 12.8. The number of ether oxygens (including phenoxy) is 2. The Bertz CT molecular complexity index is 1280. The minimum Gasteiger partial charge on any atom is -0.490 e. The van der Waals surface area contributed by atoms with E-state index < -0.39 is 14.7 Å². The molecule has 0 aliphatic heterocycles. The molecular formula is C24H19Cl2NO4S. The molecule has 0 heterocycles. The molecule has 0 saturated heterocycles. The van der Waals surface area contributed by atoms with Crippen molar-refractivity contribution in [3.63, 3.8) is 0 Å². The Morgan fingerprint density at radius 1 is 0.969 bits per heavy atom. The number of rotatable bonds is 8. The first-order chi connectivity index (χ1) is 15.3. The van der Waals surface area contributed by atoms with E-state index in [1.165, 1.54) is 30.3 Å². The van der Waals surface area contributed by atoms with Crippen LogP contribution in [-0.2, 0) is 16.4 Å². The van der Waals surface area contributed by atoms with Gasteiger partial charge in [0, 0.05) is 10.0 Å². The lowest BCUT2D eigenvalue weighted by molar-refractivity contribution is 0.269. The summed E-state index contributed by atoms with van der Waals surface area (Å²) in [6.07, 6.45) is 1.30. The highest BCUT2D eigenvalue weighted by molar-refractivity contribution is 7.95. The number of hydrogen-bond acceptors (Lipinski definition) is 5. The predicted molar refractivity (Wildman–Crippen MR) is 126 cm³/mol. The van der Waals surface area contributed by atoms with Gasteiger partial charge in [0.2, 0.25) is 9.84 Å². The summed E-state index contributed by atoms with van der Waals surface area (Å²) in [4.78, 5) is -0.406. The highest BCUT2D eigenvalue weighted by Crippen LogP contribution is 2.31. The summed E-state index contributed by atoms with van der Waals surface area (Å²) in [5.74, 6) is 0.924. The number of sulfone groups is 1. The highest BCUT2D eigenvalue weighted by Gasteiger charge is 2.21. The van der Waals surface area contributed by atoms with E-state index in [1.807, 2.05) is 19.1 Å². The fourth-order valence-corrected chi connectivity index (χ4v) is 4.35. The molecule has 0 radical (unpaired) electrons. The Labute approximate surface area is 197 Å². The van der Waals surface area contributed by atoms with Crippen LogP contribution in [-0.4, -0.2) is 15.0 Å². The molecule has 5 nitrogen and oxygen atoms in total. The van der Waals surface area contributed by atoms with Gasteiger partial charge in [-0.25, -0.2) is 8.42 Å². The van der Waals surface area contributed by atoms with E-state index in [9.17, 15) is 13.7 Å². The zero-order chi connectivity index (χ0) is 23.1. The van der Waals surface area contributed by atoms with Crippen molar-refractivity contribution in [1.82, 2.24) is 0 Å². The van der Waals surface area contributed by atoms with Crippen molar-refractivity contribution in [3.05, 3.63) is 92.8 Å². The SMILES string of the molecule is CCOc1cc(C=C(C#N)S(=O)(=O)c2ccc(Cl)cc2)ccc1OCc1cccc(Cl)c1. The standard InChI is InChI=1S/C24H19Cl2NO4S/c1-2-30-24-14-17(6-11-23(24)31-16-18-4-3-5-20(26)12-18)13-22(15-27)32(28,29)21-9-7-19(25)8-10-21/h3-14H,2,16H2,1H3. The zero-order valence-electron chi connectivity index (χ0n) is 17.1. The van der Waals surface area contributed by atoms with Gasteiger partial charge in [0.1, 0.15) is 17.6 Å². The summed E-state index contributed by atoms with van der Waals surface area (Å²) in [6, 6.07) is 19.7. The van der Waals surface area contributed by atoms with Crippen molar-refractivity contribution in [2.45, 2.75) is 18.4 Å². The van der Waals surface area contributed by atoms with E-state index >= 15 is 0 Å². The molecule has 3 aromatic rings. The molecule has 0 aliphatic rings. The third kappa shape index (κ3) is 5.83. The minimum atomic E-state index is -3.99. The Morgan fingerprint density at radius 2 is 1.72 bits per heavy atom. The van der Waals surface area contributed by atoms with Crippen LogP contribution in [0.4, 0.5) is 0 Å². The molecule has 0 aliphatic carbocycles. The number of benzene rings is 3. The van der Waals surface area contributed by atoms with E-state index in [-0.39, 0.29) is 11.5 Å². The number of nitriles is 1. The quantitative estimate of drug-likeness (QED) is 0.348. The maximum Gasteiger partial charge on any atom is 0.216 e. The Morgan fingerprint density at radius 3 is 2.38 bits per heavy atom. The molecule has 0 N–H and O–H groups in total. The van der Waals surface area contributed by atoms with Crippen molar-refractivity contribution in [2.75, 3.05) is 6.61 Å². The van der Waals surface area contributed by atoms with Crippen LogP contribution in [0.25, 0.3) is 6.08 Å². The van der Waals surface area contributed by atoms with Gasteiger partial charge >= 0.3 is 0 Å². The molecule has 0 fully saturated rings. The van der Waals surface area contributed by atoms with Gasteiger partial charge in [-0.3, -0.25) is 0 Å². The monoisotopic (exact) mass is 487 g/mol. The second-order valence-electron chi connectivity index (χ2n) is 6.64. The average Bonchev–Trinajstić information content (AvgIpc) is 2.77. The smallest absolute Gasteiger partial charge is 0.216 e. The summed E-state index contributed by atoms with van der Waals surface area (Å²) >= 11 is 11.8. The molecule has 8 heteroatoms. The van der Waals surface area contributed by atoms with Gasteiger partial charge in [0.05, 0.1) is 11.5 Å². The lowest BCUT2D eigenvalue weighted by Gasteiger charge is -2.13. The zero-order valence-corrected chi connectivity index (χ0v) is 19.4. The predicted octanol–water partition coefficient (Wildman–Crippen LogP) is 6.31. The van der Waals surface area contributed by atoms with Crippen molar-refractivity contribution >= 4 is 39.1 Å². The Hall–Kier alpha value is -2.98. The van der Waals surface area contributed by atoms with Crippen LogP contribution in [0, 0.1) is 11.3 Å². The van der Waals surface area contributed by atoms with Crippen LogP contribution in [0.2, 0.25) is 10.0 Å². The molecule has 0 atom stereocenters. The van der Waals surface area contributed by atoms with Gasteiger partial charge in [-0.1, -0.05) is 41.4 Å². The molecule has 3 aromatic carbocycles. The minimum absolute atomic E-state index is 0.0128. The van der Waals surface area contributed by atoms with E-state index in [1.54, 1.807) is 36.4 Å². The lowest BCUT2D eigenvalue weighted by Crippen LogP contribution is -2.03. The van der Waals surface area contributed by atoms with Crippen LogP contribution in [0.1, 0.15) is 18.1 Å². The van der Waals surface area contributed by atoms with Crippen molar-refractivity contribution in [1.29, 1.82) is 5.26 Å². The van der Waals surface area contributed by atoms with Crippen LogP contribution in [0.3, 0.4) is 0 Å². The van der Waals surface area contributed by atoms with Crippen molar-refractivity contribution < 1.29 is 17.9 Å². The van der Waals surface area contributed by atoms with Crippen molar-refractivity contribution in [2.24, 2.45) is 0 Å². The van der Waals surface area contributed by atoms with Gasteiger partial charge in [-0.15, -0.1) is 0 Å². The summed E-state index contributed by atoms with van der Waals surface area (Å²) < 4.78 is 37.2. The van der Waals surface area contributed by atoms with Crippen LogP contribution < -0.4 is 9.47 Å². The summed E-state index contributed by atoms with van der Waals surface area (Å²) in [6.45, 7) is 2.49. The molecule has 0 unspecified atom stereocenters. The van der Waals surface area contributed by atoms with Gasteiger partial charge in [-0.05, 0) is 72.7 Å². The summed E-state index contributed by atoms with van der Waals surface area (Å²) in [5.41, 5.74) is 1.38. The number of allylic oxidation sites excluding steroid dienone is 1. The topological polar surface area (TPSA) is 76.4 Å². The third-order valence-corrected chi connectivity index (χ3v) is 6.54.